The molecule has 3 nitrogen and oxygen atoms in total. The van der Waals surface area contributed by atoms with Gasteiger partial charge in [0.2, 0.25) is 0 Å². The molecule has 198 valence electrons. The van der Waals surface area contributed by atoms with E-state index < -0.39 is 0 Å². The molecule has 2 unspecified atom stereocenters. The smallest absolute Gasteiger partial charge is 0.0999 e. The van der Waals surface area contributed by atoms with Gasteiger partial charge in [0, 0.05) is 23.4 Å². The third-order valence-corrected chi connectivity index (χ3v) is 7.92. The molecule has 2 atom stereocenters. The van der Waals surface area contributed by atoms with Crippen LogP contribution in [0.2, 0.25) is 5.02 Å². The van der Waals surface area contributed by atoms with Crippen LogP contribution in [-0.4, -0.2) is 15.2 Å². The average Bonchev–Trinajstić information content (AvgIpc) is 3.33. The number of aromatic amines is 1. The highest BCUT2D eigenvalue weighted by molar-refractivity contribution is 6.31. The van der Waals surface area contributed by atoms with E-state index in [9.17, 15) is 0 Å². The number of rotatable bonds is 12. The van der Waals surface area contributed by atoms with Crippen LogP contribution in [0.25, 0.3) is 16.5 Å². The zero-order valence-corrected chi connectivity index (χ0v) is 24.5. The number of fused-ring (bicyclic) bond motifs is 1. The molecule has 4 heteroatoms. The second-order valence-electron chi connectivity index (χ2n) is 10.3. The summed E-state index contributed by atoms with van der Waals surface area (Å²) in [5.41, 5.74) is 9.78. The van der Waals surface area contributed by atoms with E-state index in [2.05, 4.69) is 95.0 Å². The topological polar surface area (TPSA) is 41.6 Å². The van der Waals surface area contributed by atoms with Crippen LogP contribution in [0.1, 0.15) is 115 Å². The van der Waals surface area contributed by atoms with Gasteiger partial charge in [-0.05, 0) is 86.6 Å². The van der Waals surface area contributed by atoms with Crippen molar-refractivity contribution in [3.05, 3.63) is 87.4 Å². The molecule has 3 rings (SSSR count). The second-order valence-corrected chi connectivity index (χ2v) is 10.7. The second kappa shape index (κ2) is 13.8. The maximum absolute atomic E-state index is 6.69. The summed E-state index contributed by atoms with van der Waals surface area (Å²) in [6, 6.07) is 6.78. The van der Waals surface area contributed by atoms with Crippen molar-refractivity contribution >= 4 is 28.1 Å². The summed E-state index contributed by atoms with van der Waals surface area (Å²) >= 11 is 6.69. The summed E-state index contributed by atoms with van der Waals surface area (Å²) < 4.78 is 0. The summed E-state index contributed by atoms with van der Waals surface area (Å²) in [6.45, 7) is 15.6. The van der Waals surface area contributed by atoms with Crippen LogP contribution < -0.4 is 0 Å². The third kappa shape index (κ3) is 7.02. The monoisotopic (exact) mass is 517 g/mol. The zero-order chi connectivity index (χ0) is 26.9. The fourth-order valence-corrected chi connectivity index (χ4v) is 5.52. The van der Waals surface area contributed by atoms with Crippen molar-refractivity contribution in [1.82, 2.24) is 15.2 Å². The molecule has 0 aliphatic carbocycles. The van der Waals surface area contributed by atoms with Gasteiger partial charge in [-0.1, -0.05) is 88.1 Å². The predicted molar refractivity (Wildman–Crippen MR) is 161 cm³/mol. The zero-order valence-electron chi connectivity index (χ0n) is 23.8. The summed E-state index contributed by atoms with van der Waals surface area (Å²) in [4.78, 5) is 4.34. The Labute approximate surface area is 229 Å². The number of unbranched alkanes of at least 4 members (excludes halogenated alkanes) is 1. The maximum atomic E-state index is 6.69. The van der Waals surface area contributed by atoms with Crippen LogP contribution in [0.15, 0.2) is 60.0 Å². The van der Waals surface area contributed by atoms with Crippen molar-refractivity contribution in [1.29, 1.82) is 0 Å². The third-order valence-electron chi connectivity index (χ3n) is 7.62. The number of allylic oxidation sites excluding steroid dienone is 6. The molecule has 0 aliphatic heterocycles. The molecule has 0 fully saturated rings. The molecule has 37 heavy (non-hydrogen) atoms. The van der Waals surface area contributed by atoms with E-state index in [1.165, 1.54) is 46.1 Å². The molecule has 0 amide bonds. The number of hydrogen-bond acceptors (Lipinski definition) is 2. The van der Waals surface area contributed by atoms with Crippen molar-refractivity contribution in [3.8, 4) is 0 Å². The van der Waals surface area contributed by atoms with Gasteiger partial charge >= 0.3 is 0 Å². The Hall–Kier alpha value is -2.65. The lowest BCUT2D eigenvalue weighted by Crippen LogP contribution is -2.11. The summed E-state index contributed by atoms with van der Waals surface area (Å²) in [7, 11) is 0. The first-order valence-electron chi connectivity index (χ1n) is 14.0. The summed E-state index contributed by atoms with van der Waals surface area (Å²) in [5.74, 6) is 0.624. The van der Waals surface area contributed by atoms with E-state index in [-0.39, 0.29) is 5.92 Å². The molecule has 0 saturated carbocycles. The highest BCUT2D eigenvalue weighted by Gasteiger charge is 2.24. The molecule has 3 aromatic rings. The van der Waals surface area contributed by atoms with Crippen molar-refractivity contribution in [2.24, 2.45) is 0 Å². The van der Waals surface area contributed by atoms with Crippen LogP contribution in [0, 0.1) is 0 Å². The van der Waals surface area contributed by atoms with Crippen molar-refractivity contribution in [3.63, 3.8) is 0 Å². The number of nitrogens with one attached hydrogen (secondary N) is 1. The molecule has 0 saturated heterocycles. The molecular formula is C33H44ClN3. The first kappa shape index (κ1) is 28.9. The Morgan fingerprint density at radius 3 is 2.51 bits per heavy atom. The van der Waals surface area contributed by atoms with E-state index in [1.54, 1.807) is 6.20 Å². The number of halogens is 1. The van der Waals surface area contributed by atoms with Crippen molar-refractivity contribution in [2.75, 3.05) is 0 Å². The van der Waals surface area contributed by atoms with E-state index in [1.807, 2.05) is 6.20 Å². The Balaban J connectivity index is 2.09. The summed E-state index contributed by atoms with van der Waals surface area (Å²) in [5, 5.41) is 10.0. The van der Waals surface area contributed by atoms with E-state index in [0.29, 0.717) is 5.92 Å². The Morgan fingerprint density at radius 2 is 1.84 bits per heavy atom. The van der Waals surface area contributed by atoms with Gasteiger partial charge in [-0.2, -0.15) is 5.10 Å². The molecule has 1 aromatic carbocycles. The largest absolute Gasteiger partial charge is 0.277 e. The Kier molecular flexibility index (Phi) is 10.8. The van der Waals surface area contributed by atoms with Gasteiger partial charge in [-0.25, -0.2) is 0 Å². The van der Waals surface area contributed by atoms with Gasteiger partial charge in [0.05, 0.1) is 16.2 Å². The standard InChI is InChI=1S/C33H44ClN3/c1-8-12-13-23(6)14-15-27(18-22(5)9-2)33-29-19-26(16-17-31(29)36-37-33)28(11-4)24(7)32-25(10-3)20-35-21-30(32)34/h14-21,24,28H,8-13H2,1-7H3,(H,36,37)/b22-18+,23-14+,27-15+. The highest BCUT2D eigenvalue weighted by Crippen LogP contribution is 2.41. The minimum atomic E-state index is 0.282. The normalized spacial score (nSPS) is 14.9. The quantitative estimate of drug-likeness (QED) is 0.243. The van der Waals surface area contributed by atoms with E-state index in [4.69, 9.17) is 16.7 Å². The van der Waals surface area contributed by atoms with Gasteiger partial charge < -0.3 is 0 Å². The first-order valence-corrected chi connectivity index (χ1v) is 14.4. The molecule has 1 N–H and O–H groups in total. The van der Waals surface area contributed by atoms with Crippen LogP contribution in [0.4, 0.5) is 0 Å². The molecule has 2 aromatic heterocycles. The molecular weight excluding hydrogens is 474 g/mol. The van der Waals surface area contributed by atoms with E-state index in [0.717, 1.165) is 47.5 Å². The lowest BCUT2D eigenvalue weighted by molar-refractivity contribution is 0.555. The van der Waals surface area contributed by atoms with Gasteiger partial charge in [0.1, 0.15) is 0 Å². The fourth-order valence-electron chi connectivity index (χ4n) is 5.17. The molecule has 0 radical (unpaired) electrons. The molecule has 0 spiro atoms. The predicted octanol–water partition coefficient (Wildman–Crippen LogP) is 10.3. The number of benzene rings is 1. The Bertz CT molecular complexity index is 1280. The fraction of sp³-hybridized carbons (Fsp3) is 0.455. The minimum Gasteiger partial charge on any atom is -0.277 e. The van der Waals surface area contributed by atoms with Crippen LogP contribution in [-0.2, 0) is 6.42 Å². The molecule has 0 aliphatic rings. The number of nitrogens with zero attached hydrogens (tertiary/aromatic N) is 2. The lowest BCUT2D eigenvalue weighted by atomic mass is 9.79. The first-order chi connectivity index (χ1) is 17.8. The Morgan fingerprint density at radius 1 is 1.05 bits per heavy atom. The number of pyridine rings is 1. The van der Waals surface area contributed by atoms with Gasteiger partial charge in [-0.3, -0.25) is 10.1 Å². The molecule has 2 heterocycles. The van der Waals surface area contributed by atoms with Crippen molar-refractivity contribution < 1.29 is 0 Å². The lowest BCUT2D eigenvalue weighted by Gasteiger charge is -2.26. The minimum absolute atomic E-state index is 0.282. The number of aryl methyl sites for hydroxylation is 1. The van der Waals surface area contributed by atoms with Gasteiger partial charge in [0.15, 0.2) is 0 Å². The van der Waals surface area contributed by atoms with E-state index >= 15 is 0 Å². The van der Waals surface area contributed by atoms with Crippen molar-refractivity contribution in [2.45, 2.75) is 98.8 Å². The van der Waals surface area contributed by atoms with Crippen LogP contribution in [0.3, 0.4) is 0 Å². The summed E-state index contributed by atoms with van der Waals surface area (Å²) in [6.07, 6.45) is 17.1. The number of aromatic nitrogens is 3. The van der Waals surface area contributed by atoms with Gasteiger partial charge in [0.25, 0.3) is 0 Å². The van der Waals surface area contributed by atoms with Crippen LogP contribution >= 0.6 is 11.6 Å². The number of H-pyrrole nitrogens is 1. The van der Waals surface area contributed by atoms with Crippen LogP contribution in [0.5, 0.6) is 0 Å². The highest BCUT2D eigenvalue weighted by atomic mass is 35.5. The molecule has 0 bridgehead atoms. The number of hydrogen-bond donors (Lipinski definition) is 1. The maximum Gasteiger partial charge on any atom is 0.0999 e. The SMILES string of the molecule is CCCC/C(C)=C/C=C(\C=C(/C)CC)c1n[nH]c2ccc(C(CC)C(C)c3c(Cl)cncc3CC)cc12. The van der Waals surface area contributed by atoms with Gasteiger partial charge in [-0.15, -0.1) is 0 Å². The average molecular weight is 518 g/mol.